The standard InChI is InChI=1S/C16H15N3O2/c17-8-10-3-1-5-12(7-10)19-15(20)14-13-6-2-4-11(13)9-18(14)16(19)21/h1,3,5,7,11,13-14H,2,4,6,9H2. The van der Waals surface area contributed by atoms with Crippen molar-refractivity contribution in [3.05, 3.63) is 29.8 Å². The van der Waals surface area contributed by atoms with E-state index in [4.69, 9.17) is 5.26 Å². The fourth-order valence-corrected chi connectivity index (χ4v) is 4.13. The van der Waals surface area contributed by atoms with Gasteiger partial charge in [0, 0.05) is 6.54 Å². The van der Waals surface area contributed by atoms with Gasteiger partial charge in [0.15, 0.2) is 0 Å². The lowest BCUT2D eigenvalue weighted by atomic mass is 9.93. The highest BCUT2D eigenvalue weighted by Gasteiger charge is 2.57. The van der Waals surface area contributed by atoms with Gasteiger partial charge < -0.3 is 4.90 Å². The van der Waals surface area contributed by atoms with Gasteiger partial charge in [-0.2, -0.15) is 5.26 Å². The second-order valence-corrected chi connectivity index (χ2v) is 6.07. The van der Waals surface area contributed by atoms with Crippen LogP contribution in [-0.2, 0) is 4.79 Å². The highest BCUT2D eigenvalue weighted by molar-refractivity contribution is 6.21. The molecule has 2 heterocycles. The summed E-state index contributed by atoms with van der Waals surface area (Å²) in [5.41, 5.74) is 0.965. The van der Waals surface area contributed by atoms with Crippen LogP contribution in [-0.4, -0.2) is 29.4 Å². The van der Waals surface area contributed by atoms with Gasteiger partial charge in [0.05, 0.1) is 17.3 Å². The molecule has 0 radical (unpaired) electrons. The molecule has 1 aromatic rings. The van der Waals surface area contributed by atoms with E-state index in [1.807, 2.05) is 6.07 Å². The fourth-order valence-electron chi connectivity index (χ4n) is 4.13. The van der Waals surface area contributed by atoms with Crippen LogP contribution in [0.5, 0.6) is 0 Å². The molecule has 0 N–H and O–H groups in total. The molecule has 0 spiro atoms. The first-order chi connectivity index (χ1) is 10.2. The molecular weight excluding hydrogens is 266 g/mol. The van der Waals surface area contributed by atoms with Crippen LogP contribution in [0.4, 0.5) is 10.5 Å². The Hall–Kier alpha value is -2.35. The minimum Gasteiger partial charge on any atom is -0.311 e. The van der Waals surface area contributed by atoms with E-state index in [0.29, 0.717) is 29.6 Å². The summed E-state index contributed by atoms with van der Waals surface area (Å²) >= 11 is 0. The molecular formula is C16H15N3O2. The fraction of sp³-hybridized carbons (Fsp3) is 0.438. The van der Waals surface area contributed by atoms with E-state index in [1.165, 1.54) is 4.90 Å². The molecule has 4 rings (SSSR count). The lowest BCUT2D eigenvalue weighted by Crippen LogP contribution is -2.35. The minimum absolute atomic E-state index is 0.121. The maximum Gasteiger partial charge on any atom is 0.332 e. The van der Waals surface area contributed by atoms with Gasteiger partial charge in [-0.25, -0.2) is 9.69 Å². The Morgan fingerprint density at radius 2 is 2.10 bits per heavy atom. The molecule has 1 saturated carbocycles. The molecule has 3 aliphatic rings. The van der Waals surface area contributed by atoms with E-state index in [9.17, 15) is 9.59 Å². The second kappa shape index (κ2) is 4.32. The minimum atomic E-state index is -0.282. The summed E-state index contributed by atoms with van der Waals surface area (Å²) in [5.74, 6) is 0.700. The van der Waals surface area contributed by atoms with Gasteiger partial charge >= 0.3 is 6.03 Å². The summed E-state index contributed by atoms with van der Waals surface area (Å²) in [6.45, 7) is 0.703. The molecule has 106 valence electrons. The molecule has 2 aliphatic heterocycles. The number of hydrogen-bond donors (Lipinski definition) is 0. The smallest absolute Gasteiger partial charge is 0.311 e. The maximum absolute atomic E-state index is 12.7. The van der Waals surface area contributed by atoms with Crippen LogP contribution in [0, 0.1) is 23.2 Å². The number of carbonyl (C=O) groups is 2. The van der Waals surface area contributed by atoms with E-state index in [1.54, 1.807) is 29.2 Å². The predicted octanol–water partition coefficient (Wildman–Crippen LogP) is 2.13. The molecule has 1 aliphatic carbocycles. The number of carbonyl (C=O) groups excluding carboxylic acids is 2. The number of amides is 3. The summed E-state index contributed by atoms with van der Waals surface area (Å²) in [6.07, 6.45) is 3.32. The van der Waals surface area contributed by atoms with Crippen molar-refractivity contribution in [1.82, 2.24) is 4.90 Å². The summed E-state index contributed by atoms with van der Waals surface area (Å²) < 4.78 is 0. The predicted molar refractivity (Wildman–Crippen MR) is 75.4 cm³/mol. The Morgan fingerprint density at radius 1 is 1.24 bits per heavy atom. The summed E-state index contributed by atoms with van der Waals surface area (Å²) in [4.78, 5) is 28.3. The van der Waals surface area contributed by atoms with E-state index in [-0.39, 0.29) is 18.0 Å². The van der Waals surface area contributed by atoms with E-state index in [0.717, 1.165) is 19.3 Å². The van der Waals surface area contributed by atoms with Gasteiger partial charge in [-0.1, -0.05) is 12.5 Å². The Balaban J connectivity index is 1.71. The Bertz CT molecular complexity index is 678. The first-order valence-corrected chi connectivity index (χ1v) is 7.35. The molecule has 3 fully saturated rings. The zero-order valence-corrected chi connectivity index (χ0v) is 11.5. The van der Waals surface area contributed by atoms with Crippen LogP contribution in [0.1, 0.15) is 24.8 Å². The zero-order chi connectivity index (χ0) is 14.6. The molecule has 2 saturated heterocycles. The van der Waals surface area contributed by atoms with Gasteiger partial charge in [-0.05, 0) is 42.9 Å². The van der Waals surface area contributed by atoms with Gasteiger partial charge in [0.25, 0.3) is 5.91 Å². The number of nitrogens with zero attached hydrogens (tertiary/aromatic N) is 3. The van der Waals surface area contributed by atoms with Crippen molar-refractivity contribution < 1.29 is 9.59 Å². The molecule has 21 heavy (non-hydrogen) atoms. The number of hydrogen-bond acceptors (Lipinski definition) is 3. The van der Waals surface area contributed by atoms with Crippen LogP contribution < -0.4 is 4.90 Å². The van der Waals surface area contributed by atoms with Crippen LogP contribution in [0.15, 0.2) is 24.3 Å². The molecule has 3 unspecified atom stereocenters. The molecule has 0 bridgehead atoms. The quantitative estimate of drug-likeness (QED) is 0.741. The highest BCUT2D eigenvalue weighted by Crippen LogP contribution is 2.46. The molecule has 5 heteroatoms. The highest BCUT2D eigenvalue weighted by atomic mass is 16.2. The van der Waals surface area contributed by atoms with Gasteiger partial charge in [0.1, 0.15) is 6.04 Å². The van der Waals surface area contributed by atoms with Crippen LogP contribution >= 0.6 is 0 Å². The number of anilines is 1. The van der Waals surface area contributed by atoms with Crippen molar-refractivity contribution in [3.63, 3.8) is 0 Å². The number of rotatable bonds is 1. The van der Waals surface area contributed by atoms with Crippen molar-refractivity contribution in [2.24, 2.45) is 11.8 Å². The van der Waals surface area contributed by atoms with E-state index in [2.05, 4.69) is 0 Å². The summed E-state index contributed by atoms with van der Waals surface area (Å²) in [5, 5.41) is 8.97. The average molecular weight is 281 g/mol. The monoisotopic (exact) mass is 281 g/mol. The summed E-state index contributed by atoms with van der Waals surface area (Å²) in [6, 6.07) is 8.22. The molecule has 3 atom stereocenters. The number of urea groups is 1. The van der Waals surface area contributed by atoms with Crippen molar-refractivity contribution in [2.45, 2.75) is 25.3 Å². The van der Waals surface area contributed by atoms with Crippen molar-refractivity contribution in [1.29, 1.82) is 5.26 Å². The number of fused-ring (bicyclic) bond motifs is 3. The first-order valence-electron chi connectivity index (χ1n) is 7.35. The van der Waals surface area contributed by atoms with Crippen LogP contribution in [0.2, 0.25) is 0 Å². The van der Waals surface area contributed by atoms with Crippen molar-refractivity contribution >= 4 is 17.6 Å². The van der Waals surface area contributed by atoms with Crippen molar-refractivity contribution in [3.8, 4) is 6.07 Å². The number of imide groups is 1. The third kappa shape index (κ3) is 1.62. The van der Waals surface area contributed by atoms with Crippen LogP contribution in [0.3, 0.4) is 0 Å². The second-order valence-electron chi connectivity index (χ2n) is 6.07. The average Bonchev–Trinajstić information content (AvgIpc) is 3.12. The summed E-state index contributed by atoms with van der Waals surface area (Å²) in [7, 11) is 0. The van der Waals surface area contributed by atoms with Crippen molar-refractivity contribution in [2.75, 3.05) is 11.4 Å². The maximum atomic E-state index is 12.7. The van der Waals surface area contributed by atoms with E-state index >= 15 is 0 Å². The zero-order valence-electron chi connectivity index (χ0n) is 11.5. The van der Waals surface area contributed by atoms with Crippen LogP contribution in [0.25, 0.3) is 0 Å². The Labute approximate surface area is 122 Å². The third-order valence-corrected chi connectivity index (χ3v) is 5.03. The Kier molecular flexibility index (Phi) is 2.55. The SMILES string of the molecule is N#Cc1cccc(N2C(=O)C3C4CCCC4CN3C2=O)c1. The van der Waals surface area contributed by atoms with Gasteiger partial charge in [0.2, 0.25) is 0 Å². The number of benzene rings is 1. The van der Waals surface area contributed by atoms with E-state index < -0.39 is 0 Å². The van der Waals surface area contributed by atoms with Gasteiger partial charge in [-0.15, -0.1) is 0 Å². The molecule has 1 aromatic carbocycles. The molecule has 0 aromatic heterocycles. The lowest BCUT2D eigenvalue weighted by molar-refractivity contribution is -0.120. The largest absolute Gasteiger partial charge is 0.332 e. The normalized spacial score (nSPS) is 30.5. The topological polar surface area (TPSA) is 64.4 Å². The Morgan fingerprint density at radius 3 is 2.90 bits per heavy atom. The molecule has 3 amide bonds. The number of nitriles is 1. The van der Waals surface area contributed by atoms with Gasteiger partial charge in [-0.3, -0.25) is 4.79 Å². The third-order valence-electron chi connectivity index (χ3n) is 5.03. The lowest BCUT2D eigenvalue weighted by Gasteiger charge is -2.17. The molecule has 5 nitrogen and oxygen atoms in total. The first kappa shape index (κ1) is 12.4.